The first-order chi connectivity index (χ1) is 10.7. The lowest BCUT2D eigenvalue weighted by molar-refractivity contribution is -0.140. The number of nitrogens with zero attached hydrogens (tertiary/aromatic N) is 3. The van der Waals surface area contributed by atoms with Gasteiger partial charge >= 0.3 is 0 Å². The largest absolute Gasteiger partial charge is 0.376 e. The topological polar surface area (TPSA) is 70.7 Å². The Morgan fingerprint density at radius 1 is 1.55 bits per heavy atom. The summed E-state index contributed by atoms with van der Waals surface area (Å²) in [5, 5.41) is 0. The van der Waals surface area contributed by atoms with E-state index in [1.54, 1.807) is 6.20 Å². The molecule has 7 heteroatoms. The highest BCUT2D eigenvalue weighted by Crippen LogP contribution is 2.21. The molecule has 0 aromatic carbocycles. The van der Waals surface area contributed by atoms with Gasteiger partial charge in [-0.3, -0.25) is 9.69 Å². The van der Waals surface area contributed by atoms with Gasteiger partial charge < -0.3 is 19.4 Å². The van der Waals surface area contributed by atoms with Crippen LogP contribution in [0.4, 0.5) is 0 Å². The minimum atomic E-state index is 0.0441. The van der Waals surface area contributed by atoms with Gasteiger partial charge in [0.1, 0.15) is 12.4 Å². The molecule has 122 valence electrons. The second-order valence-corrected chi connectivity index (χ2v) is 5.96. The summed E-state index contributed by atoms with van der Waals surface area (Å²) in [6, 6.07) is 0.117. The van der Waals surface area contributed by atoms with E-state index < -0.39 is 0 Å². The number of imidazole rings is 1. The number of likely N-dealkylation sites (N-methyl/N-ethyl adjacent to an activating group) is 1. The molecule has 0 saturated carbocycles. The molecule has 22 heavy (non-hydrogen) atoms. The number of nitrogens with one attached hydrogen (secondary N) is 1. The molecule has 0 aliphatic carbocycles. The first-order valence-corrected chi connectivity index (χ1v) is 7.90. The predicted molar refractivity (Wildman–Crippen MR) is 80.3 cm³/mol. The Balaban J connectivity index is 1.47. The van der Waals surface area contributed by atoms with Crippen molar-refractivity contribution in [1.82, 2.24) is 19.8 Å². The molecule has 0 unspecified atom stereocenters. The van der Waals surface area contributed by atoms with Crippen molar-refractivity contribution in [3.8, 4) is 0 Å². The van der Waals surface area contributed by atoms with Gasteiger partial charge in [-0.15, -0.1) is 0 Å². The van der Waals surface area contributed by atoms with Crippen molar-refractivity contribution in [2.45, 2.75) is 25.0 Å². The van der Waals surface area contributed by atoms with Crippen molar-refractivity contribution >= 4 is 5.91 Å². The van der Waals surface area contributed by atoms with Crippen LogP contribution < -0.4 is 0 Å². The molecule has 0 spiro atoms. The zero-order valence-electron chi connectivity index (χ0n) is 13.0. The van der Waals surface area contributed by atoms with E-state index in [0.29, 0.717) is 13.2 Å². The molecule has 3 rings (SSSR count). The lowest BCUT2D eigenvalue weighted by Crippen LogP contribution is -2.50. The van der Waals surface area contributed by atoms with Crippen molar-refractivity contribution in [3.05, 3.63) is 18.2 Å². The van der Waals surface area contributed by atoms with E-state index in [2.05, 4.69) is 21.9 Å². The van der Waals surface area contributed by atoms with Crippen molar-refractivity contribution in [2.75, 3.05) is 46.5 Å². The molecule has 1 aromatic rings. The second kappa shape index (κ2) is 7.21. The van der Waals surface area contributed by atoms with Gasteiger partial charge in [0.05, 0.1) is 18.8 Å². The predicted octanol–water partition coefficient (Wildman–Crippen LogP) is 0.420. The molecule has 1 amide bonds. The Labute approximate surface area is 130 Å². The van der Waals surface area contributed by atoms with Crippen LogP contribution in [0.15, 0.2) is 12.4 Å². The van der Waals surface area contributed by atoms with Gasteiger partial charge in [-0.25, -0.2) is 4.98 Å². The van der Waals surface area contributed by atoms with Crippen LogP contribution in [0.25, 0.3) is 0 Å². The number of rotatable bonds is 5. The molecule has 2 atom stereocenters. The molecule has 7 nitrogen and oxygen atoms in total. The van der Waals surface area contributed by atoms with Crippen LogP contribution in [-0.2, 0) is 14.3 Å². The van der Waals surface area contributed by atoms with Crippen LogP contribution >= 0.6 is 0 Å². The molecule has 1 N–H and O–H groups in total. The Bertz CT molecular complexity index is 473. The first kappa shape index (κ1) is 15.5. The molecule has 2 fully saturated rings. The molecule has 0 radical (unpaired) electrons. The summed E-state index contributed by atoms with van der Waals surface area (Å²) in [7, 11) is 2.06. The summed E-state index contributed by atoms with van der Waals surface area (Å²) in [6.07, 6.45) is 5.84. The van der Waals surface area contributed by atoms with Crippen LogP contribution in [0.5, 0.6) is 0 Å². The zero-order chi connectivity index (χ0) is 15.4. The highest BCUT2D eigenvalue weighted by atomic mass is 16.5. The maximum Gasteiger partial charge on any atom is 0.248 e. The van der Waals surface area contributed by atoms with Gasteiger partial charge in [0.2, 0.25) is 5.91 Å². The number of amides is 1. The van der Waals surface area contributed by atoms with E-state index in [1.807, 2.05) is 11.1 Å². The Morgan fingerprint density at radius 2 is 2.45 bits per heavy atom. The van der Waals surface area contributed by atoms with Gasteiger partial charge in [0.15, 0.2) is 0 Å². The van der Waals surface area contributed by atoms with Gasteiger partial charge in [-0.2, -0.15) is 0 Å². The third-order valence-electron chi connectivity index (χ3n) is 4.39. The van der Waals surface area contributed by atoms with Gasteiger partial charge in [0.25, 0.3) is 0 Å². The van der Waals surface area contributed by atoms with Gasteiger partial charge in [-0.05, 0) is 19.9 Å². The van der Waals surface area contributed by atoms with Crippen molar-refractivity contribution in [3.63, 3.8) is 0 Å². The molecule has 3 heterocycles. The standard InChI is InChI=1S/C15H24N4O3/c1-18-6-7-19(9-13(18)15-16-4-5-17-15)14(20)11-21-10-12-3-2-8-22-12/h4-5,12-13H,2-3,6-11H2,1H3,(H,16,17)/t12-,13-/m1/s1. The molecular weight excluding hydrogens is 284 g/mol. The minimum Gasteiger partial charge on any atom is -0.376 e. The Morgan fingerprint density at radius 3 is 3.18 bits per heavy atom. The SMILES string of the molecule is CN1CCN(C(=O)COC[C@H]2CCCO2)C[C@@H]1c1ncc[nH]1. The third kappa shape index (κ3) is 3.66. The smallest absolute Gasteiger partial charge is 0.248 e. The highest BCUT2D eigenvalue weighted by Gasteiger charge is 2.30. The summed E-state index contributed by atoms with van der Waals surface area (Å²) in [4.78, 5) is 23.8. The van der Waals surface area contributed by atoms with E-state index in [0.717, 1.165) is 38.4 Å². The lowest BCUT2D eigenvalue weighted by Gasteiger charge is -2.38. The van der Waals surface area contributed by atoms with Crippen LogP contribution in [0.3, 0.4) is 0 Å². The van der Waals surface area contributed by atoms with Crippen LogP contribution in [0.2, 0.25) is 0 Å². The zero-order valence-corrected chi connectivity index (χ0v) is 13.0. The number of hydrogen-bond acceptors (Lipinski definition) is 5. The maximum atomic E-state index is 12.3. The van der Waals surface area contributed by atoms with Crippen molar-refractivity contribution in [2.24, 2.45) is 0 Å². The Hall–Kier alpha value is -1.44. The van der Waals surface area contributed by atoms with E-state index in [4.69, 9.17) is 9.47 Å². The number of H-pyrrole nitrogens is 1. The van der Waals surface area contributed by atoms with E-state index in [-0.39, 0.29) is 24.7 Å². The average molecular weight is 308 g/mol. The quantitative estimate of drug-likeness (QED) is 0.854. The monoisotopic (exact) mass is 308 g/mol. The normalized spacial score (nSPS) is 26.5. The summed E-state index contributed by atoms with van der Waals surface area (Å²) in [5.74, 6) is 0.947. The number of piperazine rings is 1. The first-order valence-electron chi connectivity index (χ1n) is 7.90. The fourth-order valence-corrected chi connectivity index (χ4v) is 3.00. The number of carbonyl (C=O) groups excluding carboxylic acids is 1. The highest BCUT2D eigenvalue weighted by molar-refractivity contribution is 5.77. The van der Waals surface area contributed by atoms with E-state index in [9.17, 15) is 4.79 Å². The molecular formula is C15H24N4O3. The number of aromatic amines is 1. The molecule has 2 aliphatic rings. The van der Waals surface area contributed by atoms with Gasteiger partial charge in [-0.1, -0.05) is 0 Å². The summed E-state index contributed by atoms with van der Waals surface area (Å²) in [6.45, 7) is 3.67. The van der Waals surface area contributed by atoms with Gasteiger partial charge in [0, 0.05) is 38.6 Å². The summed E-state index contributed by atoms with van der Waals surface area (Å²) < 4.78 is 11.0. The van der Waals surface area contributed by atoms with Crippen LogP contribution in [-0.4, -0.2) is 78.3 Å². The molecule has 2 saturated heterocycles. The van der Waals surface area contributed by atoms with E-state index >= 15 is 0 Å². The fourth-order valence-electron chi connectivity index (χ4n) is 3.00. The molecule has 0 bridgehead atoms. The summed E-state index contributed by atoms with van der Waals surface area (Å²) >= 11 is 0. The summed E-state index contributed by atoms with van der Waals surface area (Å²) in [5.41, 5.74) is 0. The maximum absolute atomic E-state index is 12.3. The number of ether oxygens (including phenoxy) is 2. The van der Waals surface area contributed by atoms with Crippen LogP contribution in [0, 0.1) is 0 Å². The van der Waals surface area contributed by atoms with Crippen molar-refractivity contribution < 1.29 is 14.3 Å². The van der Waals surface area contributed by atoms with Crippen molar-refractivity contribution in [1.29, 1.82) is 0 Å². The molecule has 2 aliphatic heterocycles. The number of carbonyl (C=O) groups is 1. The lowest BCUT2D eigenvalue weighted by atomic mass is 10.1. The Kier molecular flexibility index (Phi) is 5.07. The average Bonchev–Trinajstić information content (AvgIpc) is 3.21. The van der Waals surface area contributed by atoms with E-state index in [1.165, 1.54) is 0 Å². The number of aromatic nitrogens is 2. The number of hydrogen-bond donors (Lipinski definition) is 1. The third-order valence-corrected chi connectivity index (χ3v) is 4.39. The molecule has 1 aromatic heterocycles. The fraction of sp³-hybridized carbons (Fsp3) is 0.733. The second-order valence-electron chi connectivity index (χ2n) is 5.96. The van der Waals surface area contributed by atoms with Crippen LogP contribution in [0.1, 0.15) is 24.7 Å². The minimum absolute atomic E-state index is 0.0441.